The summed E-state index contributed by atoms with van der Waals surface area (Å²) < 4.78 is 2.25. The summed E-state index contributed by atoms with van der Waals surface area (Å²) in [6.07, 6.45) is 6.40. The maximum atomic E-state index is 4.53. The number of nitrogens with zero attached hydrogens (tertiary/aromatic N) is 2. The summed E-state index contributed by atoms with van der Waals surface area (Å²) >= 11 is 1.98. The van der Waals surface area contributed by atoms with Crippen LogP contribution < -0.4 is 5.32 Å². The molecule has 2 aromatic rings. The normalized spacial score (nSPS) is 17.1. The Hall–Kier alpha value is -1.26. The van der Waals surface area contributed by atoms with E-state index in [4.69, 9.17) is 0 Å². The van der Waals surface area contributed by atoms with Gasteiger partial charge in [-0.3, -0.25) is 0 Å². The van der Waals surface area contributed by atoms with E-state index >= 15 is 0 Å². The number of aromatic nitrogens is 2. The largest absolute Gasteiger partial charge is 0.337 e. The highest BCUT2D eigenvalue weighted by Gasteiger charge is 2.22. The SMILES string of the molecule is CCCNCCc1cn(CC2CSc3ccccc32)cn1. The highest BCUT2D eigenvalue weighted by Crippen LogP contribution is 2.39. The zero-order valence-electron chi connectivity index (χ0n) is 12.6. The molecule has 0 bridgehead atoms. The first-order valence-corrected chi connectivity index (χ1v) is 8.78. The third-order valence-electron chi connectivity index (χ3n) is 3.90. The molecule has 0 saturated carbocycles. The first-order chi connectivity index (χ1) is 10.4. The summed E-state index contributed by atoms with van der Waals surface area (Å²) in [5, 5.41) is 3.43. The summed E-state index contributed by atoms with van der Waals surface area (Å²) in [5.41, 5.74) is 2.69. The van der Waals surface area contributed by atoms with Crippen molar-refractivity contribution in [2.24, 2.45) is 0 Å². The van der Waals surface area contributed by atoms with Gasteiger partial charge in [-0.15, -0.1) is 11.8 Å². The molecule has 0 spiro atoms. The lowest BCUT2D eigenvalue weighted by Crippen LogP contribution is -2.17. The van der Waals surface area contributed by atoms with Gasteiger partial charge in [0.05, 0.1) is 12.0 Å². The standard InChI is InChI=1S/C17H23N3S/c1-2-8-18-9-7-15-11-20(13-19-15)10-14-12-21-17-6-4-3-5-16(14)17/h3-6,11,13-14,18H,2,7-10,12H2,1H3. The van der Waals surface area contributed by atoms with Crippen molar-refractivity contribution in [3.05, 3.63) is 48.0 Å². The molecule has 21 heavy (non-hydrogen) atoms. The second-order valence-electron chi connectivity index (χ2n) is 5.61. The molecule has 2 heterocycles. The van der Waals surface area contributed by atoms with Gasteiger partial charge in [-0.05, 0) is 24.6 Å². The van der Waals surface area contributed by atoms with Gasteiger partial charge in [0, 0.05) is 42.3 Å². The van der Waals surface area contributed by atoms with Crippen molar-refractivity contribution in [3.8, 4) is 0 Å². The van der Waals surface area contributed by atoms with Crippen molar-refractivity contribution in [3.63, 3.8) is 0 Å². The number of benzene rings is 1. The molecule has 112 valence electrons. The lowest BCUT2D eigenvalue weighted by atomic mass is 10.0. The molecule has 4 heteroatoms. The summed E-state index contributed by atoms with van der Waals surface area (Å²) in [4.78, 5) is 5.98. The lowest BCUT2D eigenvalue weighted by Gasteiger charge is -2.11. The summed E-state index contributed by atoms with van der Waals surface area (Å²) in [5.74, 6) is 1.80. The third kappa shape index (κ3) is 3.69. The maximum Gasteiger partial charge on any atom is 0.0949 e. The number of rotatable bonds is 7. The fourth-order valence-electron chi connectivity index (χ4n) is 2.79. The Kier molecular flexibility index (Phi) is 4.99. The average molecular weight is 301 g/mol. The van der Waals surface area contributed by atoms with Gasteiger partial charge in [0.2, 0.25) is 0 Å². The van der Waals surface area contributed by atoms with Crippen molar-refractivity contribution in [2.45, 2.75) is 37.1 Å². The first kappa shape index (κ1) is 14.7. The van der Waals surface area contributed by atoms with Crippen LogP contribution in [0.4, 0.5) is 0 Å². The minimum atomic E-state index is 0.617. The molecule has 0 aliphatic carbocycles. The Morgan fingerprint density at radius 1 is 1.33 bits per heavy atom. The molecule has 1 aliphatic heterocycles. The van der Waals surface area contributed by atoms with Crippen LogP contribution >= 0.6 is 11.8 Å². The molecule has 3 nitrogen and oxygen atoms in total. The van der Waals surface area contributed by atoms with Crippen LogP contribution in [0.15, 0.2) is 41.7 Å². The van der Waals surface area contributed by atoms with Gasteiger partial charge >= 0.3 is 0 Å². The predicted molar refractivity (Wildman–Crippen MR) is 89.0 cm³/mol. The van der Waals surface area contributed by atoms with Crippen molar-refractivity contribution in [1.82, 2.24) is 14.9 Å². The second kappa shape index (κ2) is 7.14. The summed E-state index contributed by atoms with van der Waals surface area (Å²) in [6, 6.07) is 8.79. The number of thioether (sulfide) groups is 1. The van der Waals surface area contributed by atoms with Crippen LogP contribution in [0.3, 0.4) is 0 Å². The zero-order chi connectivity index (χ0) is 14.5. The van der Waals surface area contributed by atoms with E-state index in [1.165, 1.54) is 28.3 Å². The van der Waals surface area contributed by atoms with Crippen molar-refractivity contribution >= 4 is 11.8 Å². The molecular formula is C17H23N3S. The number of imidazole rings is 1. The van der Waals surface area contributed by atoms with Gasteiger partial charge in [0.15, 0.2) is 0 Å². The fraction of sp³-hybridized carbons (Fsp3) is 0.471. The molecule has 0 radical (unpaired) electrons. The van der Waals surface area contributed by atoms with Crippen LogP contribution in [0, 0.1) is 0 Å². The molecule has 1 aliphatic rings. The molecule has 0 saturated heterocycles. The monoisotopic (exact) mass is 301 g/mol. The zero-order valence-corrected chi connectivity index (χ0v) is 13.4. The van der Waals surface area contributed by atoms with Crippen molar-refractivity contribution in [1.29, 1.82) is 0 Å². The van der Waals surface area contributed by atoms with Gasteiger partial charge < -0.3 is 9.88 Å². The fourth-order valence-corrected chi connectivity index (χ4v) is 4.03. The lowest BCUT2D eigenvalue weighted by molar-refractivity contribution is 0.604. The Morgan fingerprint density at radius 3 is 3.14 bits per heavy atom. The number of hydrogen-bond acceptors (Lipinski definition) is 3. The van der Waals surface area contributed by atoms with E-state index in [0.717, 1.165) is 26.1 Å². The van der Waals surface area contributed by atoms with Crippen molar-refractivity contribution in [2.75, 3.05) is 18.8 Å². The van der Waals surface area contributed by atoms with Crippen LogP contribution in [0.5, 0.6) is 0 Å². The molecular weight excluding hydrogens is 278 g/mol. The minimum Gasteiger partial charge on any atom is -0.337 e. The maximum absolute atomic E-state index is 4.53. The van der Waals surface area contributed by atoms with E-state index in [-0.39, 0.29) is 0 Å². The number of nitrogens with one attached hydrogen (secondary N) is 1. The molecule has 1 unspecified atom stereocenters. The van der Waals surface area contributed by atoms with Gasteiger partial charge in [-0.25, -0.2) is 4.98 Å². The molecule has 3 rings (SSSR count). The minimum absolute atomic E-state index is 0.617. The van der Waals surface area contributed by atoms with E-state index in [1.807, 2.05) is 18.1 Å². The van der Waals surface area contributed by atoms with Crippen LogP contribution in [-0.2, 0) is 13.0 Å². The van der Waals surface area contributed by atoms with E-state index < -0.39 is 0 Å². The highest BCUT2D eigenvalue weighted by atomic mass is 32.2. The molecule has 1 atom stereocenters. The highest BCUT2D eigenvalue weighted by molar-refractivity contribution is 7.99. The summed E-state index contributed by atoms with van der Waals surface area (Å²) in [7, 11) is 0. The Labute approximate surface area is 131 Å². The van der Waals surface area contributed by atoms with E-state index in [1.54, 1.807) is 0 Å². The van der Waals surface area contributed by atoms with Crippen LogP contribution in [0.2, 0.25) is 0 Å². The number of hydrogen-bond donors (Lipinski definition) is 1. The van der Waals surface area contributed by atoms with E-state index in [0.29, 0.717) is 5.92 Å². The van der Waals surface area contributed by atoms with Gasteiger partial charge in [0.1, 0.15) is 0 Å². The smallest absolute Gasteiger partial charge is 0.0949 e. The van der Waals surface area contributed by atoms with Crippen molar-refractivity contribution < 1.29 is 0 Å². The topological polar surface area (TPSA) is 29.9 Å². The number of fused-ring (bicyclic) bond motifs is 1. The molecule has 1 aromatic carbocycles. The summed E-state index contributed by atoms with van der Waals surface area (Å²) in [6.45, 7) is 5.35. The van der Waals surface area contributed by atoms with E-state index in [9.17, 15) is 0 Å². The van der Waals surface area contributed by atoms with Crippen LogP contribution in [0.1, 0.15) is 30.5 Å². The van der Waals surface area contributed by atoms with Gasteiger partial charge in [0.25, 0.3) is 0 Å². The quantitative estimate of drug-likeness (QED) is 0.796. The molecule has 0 amide bonds. The third-order valence-corrected chi connectivity index (χ3v) is 5.15. The molecule has 1 N–H and O–H groups in total. The van der Waals surface area contributed by atoms with Crippen LogP contribution in [0.25, 0.3) is 0 Å². The molecule has 0 fully saturated rings. The molecule has 1 aromatic heterocycles. The Balaban J connectivity index is 1.56. The predicted octanol–water partition coefficient (Wildman–Crippen LogP) is 3.31. The van der Waals surface area contributed by atoms with Crippen LogP contribution in [-0.4, -0.2) is 28.4 Å². The Bertz CT molecular complexity index is 579. The van der Waals surface area contributed by atoms with Gasteiger partial charge in [-0.1, -0.05) is 25.1 Å². The Morgan fingerprint density at radius 2 is 2.24 bits per heavy atom. The average Bonchev–Trinajstić information content (AvgIpc) is 3.12. The van der Waals surface area contributed by atoms with Gasteiger partial charge in [-0.2, -0.15) is 0 Å². The van der Waals surface area contributed by atoms with E-state index in [2.05, 4.69) is 52.3 Å². The second-order valence-corrected chi connectivity index (χ2v) is 6.67. The first-order valence-electron chi connectivity index (χ1n) is 7.80.